The van der Waals surface area contributed by atoms with Crippen molar-refractivity contribution in [3.63, 3.8) is 0 Å². The summed E-state index contributed by atoms with van der Waals surface area (Å²) in [5.41, 5.74) is 0.774. The zero-order valence-corrected chi connectivity index (χ0v) is 13.3. The molecule has 1 aliphatic carbocycles. The first kappa shape index (κ1) is 16.5. The van der Waals surface area contributed by atoms with Crippen molar-refractivity contribution in [2.75, 3.05) is 7.05 Å². The molecule has 1 heterocycles. The van der Waals surface area contributed by atoms with Crippen LogP contribution in [0.25, 0.3) is 0 Å². The van der Waals surface area contributed by atoms with Crippen molar-refractivity contribution >= 4 is 5.91 Å². The molecule has 0 N–H and O–H groups in total. The summed E-state index contributed by atoms with van der Waals surface area (Å²) < 4.78 is 42.7. The van der Waals surface area contributed by atoms with Crippen LogP contribution >= 0.6 is 0 Å². The van der Waals surface area contributed by atoms with E-state index in [0.29, 0.717) is 24.4 Å². The van der Waals surface area contributed by atoms with Crippen LogP contribution in [0.15, 0.2) is 34.9 Å². The van der Waals surface area contributed by atoms with Gasteiger partial charge in [0.25, 0.3) is 0 Å². The molecule has 2 atom stereocenters. The third kappa shape index (κ3) is 3.44. The highest BCUT2D eigenvalue weighted by molar-refractivity contribution is 5.82. The van der Waals surface area contributed by atoms with Gasteiger partial charge in [0, 0.05) is 19.0 Å². The molecule has 128 valence electrons. The maximum atomic E-state index is 12.6. The summed E-state index contributed by atoms with van der Waals surface area (Å²) in [4.78, 5) is 14.0. The molecule has 1 amide bonds. The minimum Gasteiger partial charge on any atom is -0.361 e. The zero-order chi connectivity index (χ0) is 17.5. The van der Waals surface area contributed by atoms with Crippen LogP contribution < -0.4 is 0 Å². The zero-order valence-electron chi connectivity index (χ0n) is 13.3. The summed E-state index contributed by atoms with van der Waals surface area (Å²) in [5.74, 6) is 0.460. The summed E-state index contributed by atoms with van der Waals surface area (Å²) in [7, 11) is 1.69. The molecule has 24 heavy (non-hydrogen) atoms. The van der Waals surface area contributed by atoms with E-state index in [2.05, 4.69) is 5.16 Å². The van der Waals surface area contributed by atoms with Gasteiger partial charge in [-0.1, -0.05) is 17.3 Å². The van der Waals surface area contributed by atoms with Crippen molar-refractivity contribution in [1.29, 1.82) is 0 Å². The van der Waals surface area contributed by atoms with Crippen molar-refractivity contribution in [2.24, 2.45) is 5.92 Å². The molecule has 0 unspecified atom stereocenters. The van der Waals surface area contributed by atoms with Gasteiger partial charge in [0.2, 0.25) is 5.91 Å². The van der Waals surface area contributed by atoms with Crippen LogP contribution in [-0.4, -0.2) is 23.0 Å². The molecule has 0 aliphatic heterocycles. The molecule has 1 aliphatic rings. The number of alkyl halides is 3. The Morgan fingerprint density at radius 2 is 2.00 bits per heavy atom. The Balaban J connectivity index is 1.61. The second-order valence-corrected chi connectivity index (χ2v) is 6.19. The molecule has 7 heteroatoms. The highest BCUT2D eigenvalue weighted by Gasteiger charge is 2.45. The molecule has 1 aromatic heterocycles. The number of rotatable bonds is 4. The average Bonchev–Trinajstić information content (AvgIpc) is 3.22. The van der Waals surface area contributed by atoms with Crippen LogP contribution in [0, 0.1) is 12.8 Å². The normalized spacial score (nSPS) is 20.0. The summed E-state index contributed by atoms with van der Waals surface area (Å²) in [6.45, 7) is 2.13. The van der Waals surface area contributed by atoms with E-state index in [-0.39, 0.29) is 17.7 Å². The number of nitrogens with zero attached hydrogens (tertiary/aromatic N) is 2. The number of aryl methyl sites for hydroxylation is 1. The van der Waals surface area contributed by atoms with Gasteiger partial charge in [-0.15, -0.1) is 0 Å². The van der Waals surface area contributed by atoms with E-state index in [1.165, 1.54) is 12.1 Å². The molecule has 0 bridgehead atoms. The molecule has 3 rings (SSSR count). The first-order valence-electron chi connectivity index (χ1n) is 7.60. The van der Waals surface area contributed by atoms with Crippen LogP contribution in [0.5, 0.6) is 0 Å². The number of carbonyl (C=O) groups excluding carboxylic acids is 1. The molecular weight excluding hydrogens is 321 g/mol. The van der Waals surface area contributed by atoms with Crippen molar-refractivity contribution in [2.45, 2.75) is 32.0 Å². The SMILES string of the molecule is Cc1cc(CN(C)C(=O)[C@H]2C[C@@H]2c2ccc(C(F)(F)F)cc2)no1. The van der Waals surface area contributed by atoms with Gasteiger partial charge < -0.3 is 9.42 Å². The minimum atomic E-state index is -4.34. The minimum absolute atomic E-state index is 0.0127. The molecule has 4 nitrogen and oxygen atoms in total. The average molecular weight is 338 g/mol. The standard InChI is InChI=1S/C17H17F3N2O2/c1-10-7-13(21-24-10)9-22(2)16(23)15-8-14(15)11-3-5-12(6-4-11)17(18,19)20/h3-7,14-15H,8-9H2,1-2H3/t14-,15+/m1/s1. The van der Waals surface area contributed by atoms with Gasteiger partial charge >= 0.3 is 6.18 Å². The number of halogens is 3. The lowest BCUT2D eigenvalue weighted by molar-refractivity contribution is -0.137. The quantitative estimate of drug-likeness (QED) is 0.853. The Kier molecular flexibility index (Phi) is 4.11. The maximum Gasteiger partial charge on any atom is 0.416 e. The number of hydrogen-bond acceptors (Lipinski definition) is 3. The van der Waals surface area contributed by atoms with E-state index in [1.807, 2.05) is 0 Å². The van der Waals surface area contributed by atoms with Gasteiger partial charge in [0.05, 0.1) is 12.1 Å². The number of hydrogen-bond donors (Lipinski definition) is 0. The predicted molar refractivity (Wildman–Crippen MR) is 80.0 cm³/mol. The Morgan fingerprint density at radius 3 is 2.54 bits per heavy atom. The number of carbonyl (C=O) groups is 1. The maximum absolute atomic E-state index is 12.6. The topological polar surface area (TPSA) is 46.3 Å². The molecule has 0 saturated heterocycles. The predicted octanol–water partition coefficient (Wildman–Crippen LogP) is 3.76. The number of benzene rings is 1. The van der Waals surface area contributed by atoms with Gasteiger partial charge in [-0.2, -0.15) is 13.2 Å². The number of aromatic nitrogens is 1. The van der Waals surface area contributed by atoms with E-state index in [9.17, 15) is 18.0 Å². The lowest BCUT2D eigenvalue weighted by Gasteiger charge is -2.15. The fraction of sp³-hybridized carbons (Fsp3) is 0.412. The second kappa shape index (κ2) is 5.96. The van der Waals surface area contributed by atoms with Gasteiger partial charge in [0.1, 0.15) is 11.5 Å². The van der Waals surface area contributed by atoms with Crippen LogP contribution in [0.3, 0.4) is 0 Å². The third-order valence-electron chi connectivity index (χ3n) is 4.23. The van der Waals surface area contributed by atoms with E-state index in [0.717, 1.165) is 17.7 Å². The van der Waals surface area contributed by atoms with E-state index in [1.54, 1.807) is 24.9 Å². The Labute approximate surface area is 137 Å². The molecular formula is C17H17F3N2O2. The fourth-order valence-corrected chi connectivity index (χ4v) is 2.85. The lowest BCUT2D eigenvalue weighted by atomic mass is 10.1. The van der Waals surface area contributed by atoms with Crippen molar-refractivity contribution < 1.29 is 22.5 Å². The van der Waals surface area contributed by atoms with Crippen molar-refractivity contribution in [3.05, 3.63) is 52.9 Å². The summed E-state index contributed by atoms with van der Waals surface area (Å²) in [6, 6.07) is 6.82. The van der Waals surface area contributed by atoms with Crippen LogP contribution in [0.4, 0.5) is 13.2 Å². The van der Waals surface area contributed by atoms with Gasteiger partial charge in [-0.05, 0) is 37.0 Å². The smallest absolute Gasteiger partial charge is 0.361 e. The first-order valence-corrected chi connectivity index (χ1v) is 7.60. The highest BCUT2D eigenvalue weighted by atomic mass is 19.4. The molecule has 0 radical (unpaired) electrons. The summed E-state index contributed by atoms with van der Waals surface area (Å²) in [6.07, 6.45) is -3.68. The molecule has 2 aromatic rings. The van der Waals surface area contributed by atoms with Crippen LogP contribution in [0.1, 0.15) is 34.9 Å². The largest absolute Gasteiger partial charge is 0.416 e. The summed E-state index contributed by atoms with van der Waals surface area (Å²) >= 11 is 0. The Hall–Kier alpha value is -2.31. The second-order valence-electron chi connectivity index (χ2n) is 6.19. The third-order valence-corrected chi connectivity index (χ3v) is 4.23. The van der Waals surface area contributed by atoms with E-state index >= 15 is 0 Å². The van der Waals surface area contributed by atoms with Crippen molar-refractivity contribution in [1.82, 2.24) is 10.1 Å². The Bertz CT molecular complexity index is 737. The van der Waals surface area contributed by atoms with Crippen molar-refractivity contribution in [3.8, 4) is 0 Å². The molecule has 1 saturated carbocycles. The lowest BCUT2D eigenvalue weighted by Crippen LogP contribution is -2.28. The van der Waals surface area contributed by atoms with Crippen LogP contribution in [-0.2, 0) is 17.5 Å². The van der Waals surface area contributed by atoms with Gasteiger partial charge in [-0.3, -0.25) is 4.79 Å². The molecule has 1 fully saturated rings. The highest BCUT2D eigenvalue weighted by Crippen LogP contribution is 2.48. The Morgan fingerprint density at radius 1 is 1.33 bits per heavy atom. The molecule has 0 spiro atoms. The van der Waals surface area contributed by atoms with Gasteiger partial charge in [0.15, 0.2) is 0 Å². The molecule has 1 aromatic carbocycles. The van der Waals surface area contributed by atoms with Crippen LogP contribution in [0.2, 0.25) is 0 Å². The van der Waals surface area contributed by atoms with E-state index < -0.39 is 11.7 Å². The fourth-order valence-electron chi connectivity index (χ4n) is 2.85. The monoisotopic (exact) mass is 338 g/mol. The van der Waals surface area contributed by atoms with E-state index in [4.69, 9.17) is 4.52 Å². The number of amides is 1. The van der Waals surface area contributed by atoms with Gasteiger partial charge in [-0.25, -0.2) is 0 Å². The first-order chi connectivity index (χ1) is 11.3. The summed E-state index contributed by atoms with van der Waals surface area (Å²) in [5, 5.41) is 3.85.